The third-order valence-corrected chi connectivity index (χ3v) is 11.0. The van der Waals surface area contributed by atoms with E-state index in [0.717, 1.165) is 24.8 Å². The van der Waals surface area contributed by atoms with E-state index in [9.17, 15) is 19.2 Å². The summed E-state index contributed by atoms with van der Waals surface area (Å²) in [6.07, 6.45) is 5.60. The molecule has 0 saturated carbocycles. The number of hydrogen-bond donors (Lipinski definition) is 3. The third-order valence-electron chi connectivity index (χ3n) is 11.0. The van der Waals surface area contributed by atoms with Gasteiger partial charge in [-0.15, -0.1) is 20.4 Å². The molecule has 0 unspecified atom stereocenters. The normalized spacial score (nSPS) is 17.2. The van der Waals surface area contributed by atoms with Gasteiger partial charge in [0.1, 0.15) is 40.5 Å². The Balaban J connectivity index is 0.928. The summed E-state index contributed by atoms with van der Waals surface area (Å²) in [5.41, 5.74) is 4.83. The lowest BCUT2D eigenvalue weighted by molar-refractivity contribution is -0.145. The molecule has 6 heterocycles. The van der Waals surface area contributed by atoms with Gasteiger partial charge in [-0.05, 0) is 61.1 Å². The number of likely N-dealkylation sites (tertiary alicyclic amines) is 2. The molecule has 3 amide bonds. The summed E-state index contributed by atoms with van der Waals surface area (Å²) in [6.45, 7) is 1.06. The van der Waals surface area contributed by atoms with Crippen LogP contribution in [0, 0.1) is 0 Å². The van der Waals surface area contributed by atoms with Crippen molar-refractivity contribution in [3.05, 3.63) is 120 Å². The molecule has 2 aliphatic rings. The number of rotatable bonds is 12. The first-order valence-corrected chi connectivity index (χ1v) is 19.7. The van der Waals surface area contributed by atoms with Crippen molar-refractivity contribution >= 4 is 23.9 Å². The second-order valence-corrected chi connectivity index (χ2v) is 14.6. The number of amides is 3. The Hall–Kier alpha value is -7.30. The number of nitrogens with one attached hydrogen (secondary N) is 3. The van der Waals surface area contributed by atoms with Crippen LogP contribution in [0.4, 0.5) is 4.79 Å². The maximum atomic E-state index is 13.9. The van der Waals surface area contributed by atoms with Crippen LogP contribution in [0.15, 0.2) is 97.3 Å². The van der Waals surface area contributed by atoms with Gasteiger partial charge in [0.25, 0.3) is 5.91 Å². The van der Waals surface area contributed by atoms with E-state index in [2.05, 4.69) is 45.6 Å². The number of carbonyl (C=O) groups excluding carboxylic acids is 4. The summed E-state index contributed by atoms with van der Waals surface area (Å²) in [4.78, 5) is 71.7. The van der Waals surface area contributed by atoms with Crippen LogP contribution in [0.2, 0.25) is 0 Å². The lowest BCUT2D eigenvalue weighted by Gasteiger charge is -2.28. The van der Waals surface area contributed by atoms with Crippen molar-refractivity contribution < 1.29 is 28.7 Å². The third kappa shape index (κ3) is 8.32. The quantitative estimate of drug-likeness (QED) is 0.131. The van der Waals surface area contributed by atoms with Gasteiger partial charge in [0.05, 0.1) is 62.4 Å². The number of aromatic nitrogens is 8. The van der Waals surface area contributed by atoms with Crippen LogP contribution in [0.5, 0.6) is 0 Å². The highest BCUT2D eigenvalue weighted by Crippen LogP contribution is 2.36. The molecule has 17 heteroatoms. The molecular weight excluding hydrogens is 767 g/mol. The van der Waals surface area contributed by atoms with E-state index in [1.54, 1.807) is 46.5 Å². The highest BCUT2D eigenvalue weighted by Gasteiger charge is 2.38. The molecule has 2 saturated heterocycles. The Labute approximate surface area is 345 Å². The summed E-state index contributed by atoms with van der Waals surface area (Å²) in [6, 6.07) is 24.0. The van der Waals surface area contributed by atoms with Gasteiger partial charge in [-0.3, -0.25) is 14.4 Å². The van der Waals surface area contributed by atoms with E-state index < -0.39 is 24.0 Å². The first-order chi connectivity index (χ1) is 29.3. The monoisotopic (exact) mass is 809 g/mol. The fourth-order valence-electron chi connectivity index (χ4n) is 7.89. The van der Waals surface area contributed by atoms with Gasteiger partial charge in [0.2, 0.25) is 5.91 Å². The number of carbonyl (C=O) groups is 4. The fraction of sp³-hybridized carbons (Fsp3) is 0.302. The summed E-state index contributed by atoms with van der Waals surface area (Å²) in [5, 5.41) is 20.4. The van der Waals surface area contributed by atoms with E-state index in [4.69, 9.17) is 9.47 Å². The van der Waals surface area contributed by atoms with Crippen LogP contribution in [-0.2, 0) is 23.9 Å². The second-order valence-electron chi connectivity index (χ2n) is 14.6. The average Bonchev–Trinajstić information content (AvgIpc) is 4.15. The lowest BCUT2D eigenvalue weighted by Crippen LogP contribution is -2.42. The number of ether oxygens (including phenoxy) is 2. The van der Waals surface area contributed by atoms with Gasteiger partial charge in [-0.25, -0.2) is 14.8 Å². The summed E-state index contributed by atoms with van der Waals surface area (Å²) in [7, 11) is 2.59. The lowest BCUT2D eigenvalue weighted by atomic mass is 9.94. The van der Waals surface area contributed by atoms with E-state index in [0.29, 0.717) is 70.9 Å². The van der Waals surface area contributed by atoms with E-state index in [1.807, 2.05) is 60.7 Å². The van der Waals surface area contributed by atoms with Gasteiger partial charge >= 0.3 is 12.1 Å². The standard InChI is InChI=1S/C43H43N11O6/c1-59-37(55)23-28(26-11-5-3-6-12-26)41(56)53-21-9-15-35(53)39-44-24-33(46-39)31-19-17-29(49-51-31)30-18-20-32(52-50-30)34-25-45-40(47-34)36-16-10-22-54(36)42(57)38(48-43(58)60-2)27-13-7-4-8-14-27/h3-8,11-14,17-20,24-25,28,35-36,38H,9-10,15-16,21-23H2,1-2H3,(H,44,46)(H,45,47)(H,48,58)/t28-,35+,36+,38-/m1/s1. The summed E-state index contributed by atoms with van der Waals surface area (Å²) in [5.74, 6) is -0.273. The van der Waals surface area contributed by atoms with Crippen LogP contribution in [0.25, 0.3) is 34.2 Å². The Kier molecular flexibility index (Phi) is 11.6. The zero-order chi connectivity index (χ0) is 41.6. The van der Waals surface area contributed by atoms with Crippen molar-refractivity contribution in [1.82, 2.24) is 55.4 Å². The molecule has 8 rings (SSSR count). The van der Waals surface area contributed by atoms with Crippen LogP contribution in [0.1, 0.15) is 78.9 Å². The predicted molar refractivity (Wildman–Crippen MR) is 216 cm³/mol. The SMILES string of the molecule is COC(=O)C[C@@H](C(=O)N1CCC[C@H]1c1ncc(-c2ccc(-c3ccc(-c4cnc([C@@H]5CCCN5C(=O)[C@H](NC(=O)OC)c5ccccc5)[nH]4)nn3)nn2)[nH]1)c1ccccc1. The maximum absolute atomic E-state index is 13.9. The molecule has 17 nitrogen and oxygen atoms in total. The molecule has 0 aliphatic carbocycles. The van der Waals surface area contributed by atoms with Crippen molar-refractivity contribution in [2.45, 2.75) is 56.1 Å². The largest absolute Gasteiger partial charge is 0.469 e. The minimum atomic E-state index is -0.916. The number of aromatic amines is 2. The number of imidazole rings is 2. The predicted octanol–water partition coefficient (Wildman–Crippen LogP) is 5.49. The number of benzene rings is 2. The number of hydrogen-bond acceptors (Lipinski definition) is 12. The van der Waals surface area contributed by atoms with Crippen LogP contribution in [-0.4, -0.2) is 101 Å². The first kappa shape index (κ1) is 39.5. The molecule has 2 aliphatic heterocycles. The van der Waals surface area contributed by atoms with Crippen LogP contribution < -0.4 is 5.32 Å². The highest BCUT2D eigenvalue weighted by molar-refractivity contribution is 5.89. The van der Waals surface area contributed by atoms with E-state index in [-0.39, 0.29) is 30.3 Å². The molecule has 3 N–H and O–H groups in total. The van der Waals surface area contributed by atoms with Gasteiger partial charge in [0, 0.05) is 13.1 Å². The molecule has 0 bridgehead atoms. The zero-order valence-electron chi connectivity index (χ0n) is 33.0. The van der Waals surface area contributed by atoms with Crippen molar-refractivity contribution in [1.29, 1.82) is 0 Å². The smallest absolute Gasteiger partial charge is 0.407 e. The van der Waals surface area contributed by atoms with Gasteiger partial charge in [-0.1, -0.05) is 60.7 Å². The Bertz CT molecular complexity index is 2270. The molecule has 306 valence electrons. The average molecular weight is 810 g/mol. The number of esters is 1. The molecular formula is C43H43N11O6. The van der Waals surface area contributed by atoms with E-state index in [1.165, 1.54) is 14.2 Å². The molecule has 4 aromatic heterocycles. The Morgan fingerprint density at radius 1 is 0.650 bits per heavy atom. The zero-order valence-corrected chi connectivity index (χ0v) is 33.0. The number of H-pyrrole nitrogens is 2. The molecule has 2 fully saturated rings. The van der Waals surface area contributed by atoms with Gasteiger partial charge in [0.15, 0.2) is 0 Å². The highest BCUT2D eigenvalue weighted by atomic mass is 16.5. The minimum absolute atomic E-state index is 0.0517. The Morgan fingerprint density at radius 2 is 1.13 bits per heavy atom. The van der Waals surface area contributed by atoms with Crippen molar-refractivity contribution in [2.24, 2.45) is 0 Å². The van der Waals surface area contributed by atoms with Crippen LogP contribution in [0.3, 0.4) is 0 Å². The van der Waals surface area contributed by atoms with Gasteiger partial charge in [-0.2, -0.15) is 0 Å². The van der Waals surface area contributed by atoms with E-state index >= 15 is 0 Å². The summed E-state index contributed by atoms with van der Waals surface area (Å²) >= 11 is 0. The number of nitrogens with zero attached hydrogens (tertiary/aromatic N) is 8. The maximum Gasteiger partial charge on any atom is 0.407 e. The second kappa shape index (κ2) is 17.7. The molecule has 0 spiro atoms. The molecule has 4 atom stereocenters. The molecule has 6 aromatic rings. The topological polar surface area (TPSA) is 214 Å². The van der Waals surface area contributed by atoms with Gasteiger partial charge < -0.3 is 34.6 Å². The van der Waals surface area contributed by atoms with Crippen molar-refractivity contribution in [2.75, 3.05) is 27.3 Å². The van der Waals surface area contributed by atoms with Crippen LogP contribution >= 0.6 is 0 Å². The molecule has 2 aromatic carbocycles. The molecule has 60 heavy (non-hydrogen) atoms. The number of alkyl carbamates (subject to hydrolysis) is 1. The van der Waals surface area contributed by atoms with Crippen molar-refractivity contribution in [3.63, 3.8) is 0 Å². The van der Waals surface area contributed by atoms with Crippen molar-refractivity contribution in [3.8, 4) is 34.2 Å². The fourth-order valence-corrected chi connectivity index (χ4v) is 7.89. The molecule has 0 radical (unpaired) electrons. The first-order valence-electron chi connectivity index (χ1n) is 19.7. The Morgan fingerprint density at radius 3 is 1.62 bits per heavy atom. The number of methoxy groups -OCH3 is 2. The summed E-state index contributed by atoms with van der Waals surface area (Å²) < 4.78 is 9.73. The minimum Gasteiger partial charge on any atom is -0.469 e.